The van der Waals surface area contributed by atoms with Crippen LogP contribution in [-0.4, -0.2) is 57.6 Å². The molecule has 0 amide bonds. The average molecular weight is 641 g/mol. The molecule has 2 bridgehead atoms. The zero-order chi connectivity index (χ0) is 32.5. The van der Waals surface area contributed by atoms with Crippen LogP contribution in [0.3, 0.4) is 0 Å². The number of methoxy groups -OCH3 is 2. The first-order chi connectivity index (χ1) is 22.1. The van der Waals surface area contributed by atoms with Gasteiger partial charge in [0.1, 0.15) is 11.5 Å². The van der Waals surface area contributed by atoms with Gasteiger partial charge in [-0.3, -0.25) is 4.79 Å². The van der Waals surface area contributed by atoms with Crippen LogP contribution < -0.4 is 9.47 Å². The molecule has 1 aromatic heterocycles. The highest BCUT2D eigenvalue weighted by molar-refractivity contribution is 7.99. The predicted octanol–water partition coefficient (Wildman–Crippen LogP) is 7.64. The molecule has 3 aliphatic carbocycles. The van der Waals surface area contributed by atoms with Gasteiger partial charge in [-0.1, -0.05) is 42.5 Å². The second-order valence-electron chi connectivity index (χ2n) is 13.2. The van der Waals surface area contributed by atoms with E-state index in [-0.39, 0.29) is 11.7 Å². The number of fused-ring (bicyclic) bond motifs is 9. The maximum absolute atomic E-state index is 14.2. The van der Waals surface area contributed by atoms with Gasteiger partial charge < -0.3 is 24.7 Å². The molecule has 4 aromatic rings. The molecule has 7 rings (SSSR count). The molecular weight excluding hydrogens is 596 g/mol. The zero-order valence-electron chi connectivity index (χ0n) is 27.1. The largest absolute Gasteiger partial charge is 0.497 e. The predicted molar refractivity (Wildman–Crippen MR) is 183 cm³/mol. The first-order valence-electron chi connectivity index (χ1n) is 16.2. The van der Waals surface area contributed by atoms with E-state index in [2.05, 4.69) is 37.0 Å². The number of aromatic nitrogens is 2. The number of thioether (sulfide) groups is 1. The summed E-state index contributed by atoms with van der Waals surface area (Å²) >= 11 is 1.55. The van der Waals surface area contributed by atoms with Gasteiger partial charge in [-0.15, -0.1) is 0 Å². The van der Waals surface area contributed by atoms with Crippen LogP contribution >= 0.6 is 11.8 Å². The molecule has 46 heavy (non-hydrogen) atoms. The third kappa shape index (κ3) is 6.35. The van der Waals surface area contributed by atoms with Gasteiger partial charge in [0, 0.05) is 28.4 Å². The third-order valence-corrected chi connectivity index (χ3v) is 11.5. The van der Waals surface area contributed by atoms with Crippen molar-refractivity contribution in [3.05, 3.63) is 94.6 Å². The fraction of sp³-hybridized carbons (Fsp3) is 0.421. The van der Waals surface area contributed by atoms with E-state index in [1.54, 1.807) is 26.0 Å². The molecule has 4 unspecified atom stereocenters. The Morgan fingerprint density at radius 2 is 1.78 bits per heavy atom. The minimum absolute atomic E-state index is 0.0362. The van der Waals surface area contributed by atoms with Crippen LogP contribution in [0.4, 0.5) is 0 Å². The molecule has 8 heteroatoms. The fourth-order valence-electron chi connectivity index (χ4n) is 7.42. The molecule has 1 heterocycles. The summed E-state index contributed by atoms with van der Waals surface area (Å²) < 4.78 is 10.7. The molecule has 3 aromatic carbocycles. The molecule has 3 N–H and O–H groups in total. The second-order valence-corrected chi connectivity index (χ2v) is 14.2. The number of carbonyl (C=O) groups excluding carboxylic acids is 1. The normalized spacial score (nSPS) is 25.1. The number of hydrogen-bond donors (Lipinski definition) is 3. The summed E-state index contributed by atoms with van der Waals surface area (Å²) in [5.41, 5.74) is 4.67. The standard InChI is InChI=1S/C38H44N2O5S/c1-24-6-5-18-37(2)32(17-19-38(37,43)23-46-36-39-33-16-14-29(45-4)22-34(33)40-36)30-15-8-25(20-27(41)11-7-24)21-31(30)35(42)26-9-12-28(44-3)13-10-26/h6,8-10,12-16,21-22,27,32,41,43H,5,7,11,17-20,23H2,1-4H3,(H,39,40). The Balaban J connectivity index is 1.38. The lowest BCUT2D eigenvalue weighted by atomic mass is 9.65. The number of ether oxygens (including phenoxy) is 2. The van der Waals surface area contributed by atoms with Crippen LogP contribution in [0.1, 0.15) is 85.3 Å². The number of rotatable bonds is 7. The Hall–Kier alpha value is -3.59. The van der Waals surface area contributed by atoms with E-state index in [0.29, 0.717) is 41.9 Å². The number of aliphatic hydroxyl groups is 2. The van der Waals surface area contributed by atoms with Crippen molar-refractivity contribution in [2.24, 2.45) is 5.41 Å². The number of allylic oxidation sites excluding steroid dienone is 2. The molecule has 7 nitrogen and oxygen atoms in total. The molecule has 1 fully saturated rings. The molecule has 242 valence electrons. The highest BCUT2D eigenvalue weighted by atomic mass is 32.2. The fourth-order valence-corrected chi connectivity index (χ4v) is 8.61. The molecule has 0 radical (unpaired) electrons. The molecule has 3 aliphatic rings. The van der Waals surface area contributed by atoms with Crippen LogP contribution in [0.5, 0.6) is 11.5 Å². The Bertz CT molecular complexity index is 1750. The number of imidazole rings is 1. The number of aromatic amines is 1. The summed E-state index contributed by atoms with van der Waals surface area (Å²) in [7, 11) is 3.26. The molecule has 0 aliphatic heterocycles. The Labute approximate surface area is 275 Å². The number of H-pyrrole nitrogens is 1. The summed E-state index contributed by atoms with van der Waals surface area (Å²) in [6.07, 6.45) is 6.71. The van der Waals surface area contributed by atoms with Crippen molar-refractivity contribution in [3.63, 3.8) is 0 Å². The minimum Gasteiger partial charge on any atom is -0.497 e. The van der Waals surface area contributed by atoms with Crippen molar-refractivity contribution in [1.82, 2.24) is 9.97 Å². The van der Waals surface area contributed by atoms with Gasteiger partial charge in [-0.2, -0.15) is 0 Å². The van der Waals surface area contributed by atoms with E-state index in [1.807, 2.05) is 48.5 Å². The third-order valence-electron chi connectivity index (χ3n) is 10.4. The monoisotopic (exact) mass is 640 g/mol. The van der Waals surface area contributed by atoms with Crippen molar-refractivity contribution in [3.8, 4) is 11.5 Å². The second kappa shape index (κ2) is 13.3. The van der Waals surface area contributed by atoms with Crippen molar-refractivity contribution in [1.29, 1.82) is 0 Å². The molecule has 0 spiro atoms. The maximum Gasteiger partial charge on any atom is 0.193 e. The van der Waals surface area contributed by atoms with Crippen LogP contribution in [0.2, 0.25) is 0 Å². The maximum atomic E-state index is 14.2. The number of benzene rings is 3. The van der Waals surface area contributed by atoms with Crippen molar-refractivity contribution < 1.29 is 24.5 Å². The van der Waals surface area contributed by atoms with Gasteiger partial charge in [-0.05, 0) is 111 Å². The summed E-state index contributed by atoms with van der Waals surface area (Å²) in [6.45, 7) is 4.34. The van der Waals surface area contributed by atoms with Crippen molar-refractivity contribution in [2.75, 3.05) is 20.0 Å². The molecule has 0 saturated heterocycles. The lowest BCUT2D eigenvalue weighted by Crippen LogP contribution is -2.46. The van der Waals surface area contributed by atoms with Gasteiger partial charge in [0.15, 0.2) is 10.9 Å². The van der Waals surface area contributed by atoms with Crippen LogP contribution in [0.25, 0.3) is 11.0 Å². The Morgan fingerprint density at radius 1 is 1.02 bits per heavy atom. The topological polar surface area (TPSA) is 105 Å². The number of aliphatic hydroxyl groups excluding tert-OH is 1. The van der Waals surface area contributed by atoms with Gasteiger partial charge in [0.05, 0.1) is 37.0 Å². The van der Waals surface area contributed by atoms with Gasteiger partial charge in [0.2, 0.25) is 0 Å². The highest BCUT2D eigenvalue weighted by Crippen LogP contribution is 2.59. The van der Waals surface area contributed by atoms with Crippen LogP contribution in [0.15, 0.2) is 77.5 Å². The zero-order valence-corrected chi connectivity index (χ0v) is 28.0. The van der Waals surface area contributed by atoms with E-state index in [0.717, 1.165) is 58.7 Å². The van der Waals surface area contributed by atoms with Gasteiger partial charge >= 0.3 is 0 Å². The SMILES string of the molecule is COc1ccc(C(=O)c2cc3ccc2C2CCC(O)(CSc4nc5ccc(OC)cc5[nH]4)C2(C)CCC=C(C)CCC(O)C3)cc1. The van der Waals surface area contributed by atoms with E-state index in [1.165, 1.54) is 5.57 Å². The molecular formula is C38H44N2O5S. The number of ketones is 1. The molecule has 4 atom stereocenters. The Kier molecular flexibility index (Phi) is 9.33. The van der Waals surface area contributed by atoms with E-state index in [4.69, 9.17) is 14.5 Å². The lowest BCUT2D eigenvalue weighted by molar-refractivity contribution is -0.0422. The summed E-state index contributed by atoms with van der Waals surface area (Å²) in [6, 6.07) is 19.1. The molecule has 1 saturated carbocycles. The van der Waals surface area contributed by atoms with Crippen LogP contribution in [0, 0.1) is 5.41 Å². The first-order valence-corrected chi connectivity index (χ1v) is 17.2. The number of nitrogens with one attached hydrogen (secondary N) is 1. The summed E-state index contributed by atoms with van der Waals surface area (Å²) in [5, 5.41) is 24.2. The first kappa shape index (κ1) is 32.4. The van der Waals surface area contributed by atoms with E-state index < -0.39 is 17.1 Å². The minimum atomic E-state index is -0.993. The van der Waals surface area contributed by atoms with Crippen molar-refractivity contribution in [2.45, 2.75) is 81.6 Å². The van der Waals surface area contributed by atoms with Crippen LogP contribution in [-0.2, 0) is 6.42 Å². The Morgan fingerprint density at radius 3 is 2.54 bits per heavy atom. The summed E-state index contributed by atoms with van der Waals surface area (Å²) in [5.74, 6) is 1.85. The smallest absolute Gasteiger partial charge is 0.193 e. The number of nitrogens with zero attached hydrogens (tertiary/aromatic N) is 1. The van der Waals surface area contributed by atoms with E-state index >= 15 is 0 Å². The van der Waals surface area contributed by atoms with Gasteiger partial charge in [-0.25, -0.2) is 4.98 Å². The number of carbonyl (C=O) groups is 1. The average Bonchev–Trinajstić information content (AvgIpc) is 3.59. The van der Waals surface area contributed by atoms with E-state index in [9.17, 15) is 15.0 Å². The lowest BCUT2D eigenvalue weighted by Gasteiger charge is -2.44. The van der Waals surface area contributed by atoms with Crippen molar-refractivity contribution >= 4 is 28.6 Å². The summed E-state index contributed by atoms with van der Waals surface area (Å²) in [4.78, 5) is 22.4. The number of hydrogen-bond acceptors (Lipinski definition) is 7. The van der Waals surface area contributed by atoms with Gasteiger partial charge in [0.25, 0.3) is 0 Å². The quantitative estimate of drug-likeness (QED) is 0.108. The highest BCUT2D eigenvalue weighted by Gasteiger charge is 2.56.